The van der Waals surface area contributed by atoms with E-state index in [0.29, 0.717) is 12.5 Å². The van der Waals surface area contributed by atoms with Gasteiger partial charge in [0.1, 0.15) is 0 Å². The minimum Gasteiger partial charge on any atom is -0.378 e. The van der Waals surface area contributed by atoms with E-state index in [-0.39, 0.29) is 5.78 Å². The first-order chi connectivity index (χ1) is 9.69. The van der Waals surface area contributed by atoms with Gasteiger partial charge in [-0.3, -0.25) is 4.79 Å². The van der Waals surface area contributed by atoms with Crippen LogP contribution in [0.5, 0.6) is 0 Å². The second kappa shape index (κ2) is 7.55. The van der Waals surface area contributed by atoms with Crippen LogP contribution in [0, 0.1) is 6.92 Å². The van der Waals surface area contributed by atoms with E-state index in [1.807, 2.05) is 38.1 Å². The number of carbonyl (C=O) groups excluding carboxylic acids is 1. The van der Waals surface area contributed by atoms with Crippen molar-refractivity contribution >= 4 is 5.78 Å². The zero-order valence-corrected chi connectivity index (χ0v) is 12.6. The van der Waals surface area contributed by atoms with Gasteiger partial charge in [0.2, 0.25) is 0 Å². The molecule has 0 aromatic heterocycles. The average Bonchev–Trinajstić information content (AvgIpc) is 2.47. The fourth-order valence-electron chi connectivity index (χ4n) is 2.68. The standard InChI is InChI=1S/C17H25NO2/c1-3-20-16-8-11-18(12-9-16)13-10-17(19)15-6-4-14(2)5-7-15/h4-7,16H,3,8-13H2,1-2H3. The van der Waals surface area contributed by atoms with Gasteiger partial charge in [-0.15, -0.1) is 0 Å². The lowest BCUT2D eigenvalue weighted by Crippen LogP contribution is -2.38. The van der Waals surface area contributed by atoms with Crippen molar-refractivity contribution < 1.29 is 9.53 Å². The molecule has 110 valence electrons. The highest BCUT2D eigenvalue weighted by atomic mass is 16.5. The van der Waals surface area contributed by atoms with E-state index in [1.165, 1.54) is 5.56 Å². The van der Waals surface area contributed by atoms with Crippen LogP contribution in [0.4, 0.5) is 0 Å². The third-order valence-electron chi connectivity index (χ3n) is 3.97. The molecule has 1 aromatic rings. The van der Waals surface area contributed by atoms with Crippen molar-refractivity contribution in [3.8, 4) is 0 Å². The molecule has 3 heteroatoms. The molecule has 2 rings (SSSR count). The van der Waals surface area contributed by atoms with E-state index in [4.69, 9.17) is 4.74 Å². The van der Waals surface area contributed by atoms with Crippen molar-refractivity contribution in [2.75, 3.05) is 26.2 Å². The molecule has 0 aliphatic carbocycles. The lowest BCUT2D eigenvalue weighted by atomic mass is 10.0. The van der Waals surface area contributed by atoms with E-state index in [9.17, 15) is 4.79 Å². The Bertz CT molecular complexity index is 419. The molecule has 1 aliphatic heterocycles. The largest absolute Gasteiger partial charge is 0.378 e. The Hall–Kier alpha value is -1.19. The maximum absolute atomic E-state index is 12.1. The maximum atomic E-state index is 12.1. The van der Waals surface area contributed by atoms with E-state index in [0.717, 1.165) is 44.6 Å². The van der Waals surface area contributed by atoms with Crippen LogP contribution < -0.4 is 0 Å². The minimum atomic E-state index is 0.247. The average molecular weight is 275 g/mol. The summed E-state index contributed by atoms with van der Waals surface area (Å²) in [7, 11) is 0. The maximum Gasteiger partial charge on any atom is 0.164 e. The summed E-state index contributed by atoms with van der Waals surface area (Å²) in [4.78, 5) is 14.5. The number of ketones is 1. The van der Waals surface area contributed by atoms with Crippen molar-refractivity contribution in [1.29, 1.82) is 0 Å². The number of Topliss-reactive ketones (excluding diaryl/α,β-unsaturated/α-hetero) is 1. The summed E-state index contributed by atoms with van der Waals surface area (Å²) in [5.41, 5.74) is 2.03. The monoisotopic (exact) mass is 275 g/mol. The van der Waals surface area contributed by atoms with Crippen LogP contribution in [-0.4, -0.2) is 43.0 Å². The van der Waals surface area contributed by atoms with Crippen LogP contribution in [0.25, 0.3) is 0 Å². The molecule has 0 N–H and O–H groups in total. The summed E-state index contributed by atoms with van der Waals surface area (Å²) >= 11 is 0. The summed E-state index contributed by atoms with van der Waals surface area (Å²) < 4.78 is 5.64. The molecular formula is C17H25NO2. The predicted octanol–water partition coefficient (Wildman–Crippen LogP) is 3.07. The highest BCUT2D eigenvalue weighted by Gasteiger charge is 2.19. The number of piperidine rings is 1. The van der Waals surface area contributed by atoms with Crippen molar-refractivity contribution in [2.45, 2.75) is 39.2 Å². The number of benzene rings is 1. The number of likely N-dealkylation sites (tertiary alicyclic amines) is 1. The van der Waals surface area contributed by atoms with Crippen molar-refractivity contribution in [2.24, 2.45) is 0 Å². The Morgan fingerprint density at radius 1 is 1.25 bits per heavy atom. The van der Waals surface area contributed by atoms with Gasteiger partial charge in [0.05, 0.1) is 6.10 Å². The molecule has 20 heavy (non-hydrogen) atoms. The van der Waals surface area contributed by atoms with E-state index < -0.39 is 0 Å². The van der Waals surface area contributed by atoms with Crippen LogP contribution in [0.2, 0.25) is 0 Å². The van der Waals surface area contributed by atoms with Gasteiger partial charge in [-0.2, -0.15) is 0 Å². The molecule has 1 heterocycles. The quantitative estimate of drug-likeness (QED) is 0.747. The number of ether oxygens (including phenoxy) is 1. The number of carbonyl (C=O) groups is 1. The molecule has 0 amide bonds. The second-order valence-electron chi connectivity index (χ2n) is 5.54. The summed E-state index contributed by atoms with van der Waals surface area (Å²) in [5.74, 6) is 0.247. The summed E-state index contributed by atoms with van der Waals surface area (Å²) in [6.45, 7) is 7.85. The fraction of sp³-hybridized carbons (Fsp3) is 0.588. The highest BCUT2D eigenvalue weighted by molar-refractivity contribution is 5.96. The lowest BCUT2D eigenvalue weighted by molar-refractivity contribution is 0.0143. The molecule has 0 radical (unpaired) electrons. The van der Waals surface area contributed by atoms with E-state index in [2.05, 4.69) is 4.90 Å². The van der Waals surface area contributed by atoms with Crippen LogP contribution in [0.3, 0.4) is 0 Å². The molecule has 0 atom stereocenters. The van der Waals surface area contributed by atoms with Gasteiger partial charge < -0.3 is 9.64 Å². The molecular weight excluding hydrogens is 250 g/mol. The van der Waals surface area contributed by atoms with Crippen LogP contribution >= 0.6 is 0 Å². The molecule has 1 saturated heterocycles. The van der Waals surface area contributed by atoms with Gasteiger partial charge in [0.25, 0.3) is 0 Å². The Labute approximate surface area is 121 Å². The van der Waals surface area contributed by atoms with Gasteiger partial charge in [0.15, 0.2) is 5.78 Å². The van der Waals surface area contributed by atoms with Crippen molar-refractivity contribution in [3.05, 3.63) is 35.4 Å². The van der Waals surface area contributed by atoms with Gasteiger partial charge in [0, 0.05) is 38.2 Å². The molecule has 0 spiro atoms. The first-order valence-electron chi connectivity index (χ1n) is 7.63. The van der Waals surface area contributed by atoms with Crippen molar-refractivity contribution in [1.82, 2.24) is 4.90 Å². The van der Waals surface area contributed by atoms with Crippen LogP contribution in [-0.2, 0) is 4.74 Å². The first-order valence-corrected chi connectivity index (χ1v) is 7.63. The lowest BCUT2D eigenvalue weighted by Gasteiger charge is -2.31. The predicted molar refractivity (Wildman–Crippen MR) is 81.2 cm³/mol. The summed E-state index contributed by atoms with van der Waals surface area (Å²) in [6.07, 6.45) is 3.21. The summed E-state index contributed by atoms with van der Waals surface area (Å²) in [5, 5.41) is 0. The third-order valence-corrected chi connectivity index (χ3v) is 3.97. The van der Waals surface area contributed by atoms with Crippen molar-refractivity contribution in [3.63, 3.8) is 0 Å². The van der Waals surface area contributed by atoms with Crippen LogP contribution in [0.15, 0.2) is 24.3 Å². The van der Waals surface area contributed by atoms with Crippen LogP contribution in [0.1, 0.15) is 42.1 Å². The number of rotatable bonds is 6. The number of nitrogens with zero attached hydrogens (tertiary/aromatic N) is 1. The molecule has 3 nitrogen and oxygen atoms in total. The Morgan fingerprint density at radius 2 is 1.90 bits per heavy atom. The van der Waals surface area contributed by atoms with E-state index in [1.54, 1.807) is 0 Å². The first kappa shape index (κ1) is 15.2. The molecule has 1 aliphatic rings. The van der Waals surface area contributed by atoms with Gasteiger partial charge in [-0.1, -0.05) is 29.8 Å². The number of hydrogen-bond donors (Lipinski definition) is 0. The zero-order chi connectivity index (χ0) is 14.4. The smallest absolute Gasteiger partial charge is 0.164 e. The number of hydrogen-bond acceptors (Lipinski definition) is 3. The summed E-state index contributed by atoms with van der Waals surface area (Å²) in [6, 6.07) is 7.86. The van der Waals surface area contributed by atoms with Gasteiger partial charge >= 0.3 is 0 Å². The Balaban J connectivity index is 1.73. The molecule has 1 fully saturated rings. The minimum absolute atomic E-state index is 0.247. The van der Waals surface area contributed by atoms with E-state index >= 15 is 0 Å². The van der Waals surface area contributed by atoms with Gasteiger partial charge in [-0.25, -0.2) is 0 Å². The number of aryl methyl sites for hydroxylation is 1. The Kier molecular flexibility index (Phi) is 5.74. The molecule has 0 bridgehead atoms. The normalized spacial score (nSPS) is 17.3. The second-order valence-corrected chi connectivity index (χ2v) is 5.54. The molecule has 1 aromatic carbocycles. The fourth-order valence-corrected chi connectivity index (χ4v) is 2.68. The molecule has 0 saturated carbocycles. The topological polar surface area (TPSA) is 29.5 Å². The Morgan fingerprint density at radius 3 is 2.50 bits per heavy atom. The SMILES string of the molecule is CCOC1CCN(CCC(=O)c2ccc(C)cc2)CC1. The molecule has 0 unspecified atom stereocenters. The zero-order valence-electron chi connectivity index (χ0n) is 12.6. The van der Waals surface area contributed by atoms with Gasteiger partial charge in [-0.05, 0) is 26.7 Å². The third kappa shape index (κ3) is 4.43. The highest BCUT2D eigenvalue weighted by Crippen LogP contribution is 2.14.